The third-order valence-corrected chi connectivity index (χ3v) is 3.04. The predicted molar refractivity (Wildman–Crippen MR) is 73.7 cm³/mol. The fraction of sp³-hybridized carbons (Fsp3) is 0.462. The second-order valence-corrected chi connectivity index (χ2v) is 4.86. The van der Waals surface area contributed by atoms with Crippen molar-refractivity contribution in [2.45, 2.75) is 20.0 Å². The van der Waals surface area contributed by atoms with Gasteiger partial charge in [0.05, 0.1) is 18.3 Å². The highest BCUT2D eigenvalue weighted by molar-refractivity contribution is 9.10. The summed E-state index contributed by atoms with van der Waals surface area (Å²) in [5.41, 5.74) is 1.64. The summed E-state index contributed by atoms with van der Waals surface area (Å²) in [6.07, 6.45) is -0.682. The number of carbonyl (C=O) groups is 1. The molecule has 0 aromatic heterocycles. The molecule has 1 atom stereocenters. The normalized spacial score (nSPS) is 12.2. The minimum absolute atomic E-state index is 0.180. The van der Waals surface area contributed by atoms with Crippen molar-refractivity contribution in [2.75, 3.05) is 19.8 Å². The van der Waals surface area contributed by atoms with Crippen molar-refractivity contribution in [1.29, 1.82) is 0 Å². The first-order valence-electron chi connectivity index (χ1n) is 5.84. The molecule has 1 rings (SSSR count). The SMILES string of the molecule is CCOCC(O)CNC(=O)c1ccc(C)cc1Br. The number of hydrogen-bond donors (Lipinski definition) is 2. The van der Waals surface area contributed by atoms with E-state index in [1.165, 1.54) is 0 Å². The number of rotatable bonds is 6. The predicted octanol–water partition coefficient (Wildman–Crippen LogP) is 1.88. The molecular weight excluding hydrogens is 298 g/mol. The molecule has 0 aliphatic heterocycles. The molecular formula is C13H18BrNO3. The summed E-state index contributed by atoms with van der Waals surface area (Å²) < 4.78 is 5.81. The second-order valence-electron chi connectivity index (χ2n) is 4.01. The van der Waals surface area contributed by atoms with Gasteiger partial charge in [0.2, 0.25) is 0 Å². The van der Waals surface area contributed by atoms with Crippen molar-refractivity contribution in [3.8, 4) is 0 Å². The second kappa shape index (κ2) is 7.51. The van der Waals surface area contributed by atoms with E-state index in [4.69, 9.17) is 4.74 Å². The van der Waals surface area contributed by atoms with Crippen LogP contribution in [0.1, 0.15) is 22.8 Å². The van der Waals surface area contributed by atoms with Gasteiger partial charge in [-0.2, -0.15) is 0 Å². The number of halogens is 1. The zero-order valence-electron chi connectivity index (χ0n) is 10.6. The molecule has 0 heterocycles. The lowest BCUT2D eigenvalue weighted by molar-refractivity contribution is 0.0418. The summed E-state index contributed by atoms with van der Waals surface area (Å²) in [4.78, 5) is 11.9. The number of nitrogens with one attached hydrogen (secondary N) is 1. The average molecular weight is 316 g/mol. The van der Waals surface area contributed by atoms with Crippen LogP contribution in [-0.4, -0.2) is 36.9 Å². The van der Waals surface area contributed by atoms with Crippen LogP contribution in [0.2, 0.25) is 0 Å². The maximum Gasteiger partial charge on any atom is 0.252 e. The Balaban J connectivity index is 2.50. The highest BCUT2D eigenvalue weighted by Gasteiger charge is 2.11. The van der Waals surface area contributed by atoms with Crippen LogP contribution >= 0.6 is 15.9 Å². The molecule has 0 aliphatic rings. The van der Waals surface area contributed by atoms with Gasteiger partial charge in [-0.05, 0) is 47.5 Å². The lowest BCUT2D eigenvalue weighted by Crippen LogP contribution is -2.34. The summed E-state index contributed by atoms with van der Waals surface area (Å²) in [6, 6.07) is 5.51. The lowest BCUT2D eigenvalue weighted by atomic mass is 10.1. The van der Waals surface area contributed by atoms with Crippen molar-refractivity contribution < 1.29 is 14.6 Å². The van der Waals surface area contributed by atoms with Crippen LogP contribution in [0.25, 0.3) is 0 Å². The molecule has 1 aromatic carbocycles. The van der Waals surface area contributed by atoms with Crippen LogP contribution in [0.4, 0.5) is 0 Å². The first-order chi connectivity index (χ1) is 8.54. The maximum absolute atomic E-state index is 11.9. The average Bonchev–Trinajstić information content (AvgIpc) is 2.33. The Hall–Kier alpha value is -0.910. The van der Waals surface area contributed by atoms with E-state index < -0.39 is 6.10 Å². The third kappa shape index (κ3) is 4.76. The van der Waals surface area contributed by atoms with Gasteiger partial charge in [0.25, 0.3) is 5.91 Å². The molecule has 4 nitrogen and oxygen atoms in total. The number of ether oxygens (including phenoxy) is 1. The molecule has 0 saturated heterocycles. The van der Waals surface area contributed by atoms with Gasteiger partial charge < -0.3 is 15.2 Å². The topological polar surface area (TPSA) is 58.6 Å². The first-order valence-corrected chi connectivity index (χ1v) is 6.64. The molecule has 2 N–H and O–H groups in total. The van der Waals surface area contributed by atoms with E-state index in [9.17, 15) is 9.90 Å². The van der Waals surface area contributed by atoms with Crippen LogP contribution < -0.4 is 5.32 Å². The van der Waals surface area contributed by atoms with E-state index in [0.717, 1.165) is 10.0 Å². The summed E-state index contributed by atoms with van der Waals surface area (Å²) in [7, 11) is 0. The van der Waals surface area contributed by atoms with E-state index in [2.05, 4.69) is 21.2 Å². The van der Waals surface area contributed by atoms with E-state index in [1.54, 1.807) is 6.07 Å². The number of hydrogen-bond acceptors (Lipinski definition) is 3. The molecule has 0 saturated carbocycles. The summed E-state index contributed by atoms with van der Waals surface area (Å²) in [6.45, 7) is 4.77. The van der Waals surface area contributed by atoms with Crippen molar-refractivity contribution in [1.82, 2.24) is 5.32 Å². The monoisotopic (exact) mass is 315 g/mol. The van der Waals surface area contributed by atoms with E-state index >= 15 is 0 Å². The van der Waals surface area contributed by atoms with E-state index in [-0.39, 0.29) is 19.1 Å². The summed E-state index contributed by atoms with van der Waals surface area (Å²) >= 11 is 3.35. The van der Waals surface area contributed by atoms with Crippen molar-refractivity contribution in [3.63, 3.8) is 0 Å². The Morgan fingerprint density at radius 3 is 2.89 bits per heavy atom. The van der Waals surface area contributed by atoms with Gasteiger partial charge in [0, 0.05) is 17.6 Å². The number of carbonyl (C=O) groups excluding carboxylic acids is 1. The fourth-order valence-corrected chi connectivity index (χ4v) is 2.10. The number of aliphatic hydroxyl groups excluding tert-OH is 1. The van der Waals surface area contributed by atoms with Crippen molar-refractivity contribution >= 4 is 21.8 Å². The third-order valence-electron chi connectivity index (χ3n) is 2.38. The zero-order chi connectivity index (χ0) is 13.5. The van der Waals surface area contributed by atoms with Gasteiger partial charge >= 0.3 is 0 Å². The van der Waals surface area contributed by atoms with Gasteiger partial charge in [0.15, 0.2) is 0 Å². The number of aliphatic hydroxyl groups is 1. The molecule has 1 amide bonds. The van der Waals surface area contributed by atoms with Gasteiger partial charge in [0.1, 0.15) is 0 Å². The minimum Gasteiger partial charge on any atom is -0.389 e. The van der Waals surface area contributed by atoms with Gasteiger partial charge in [-0.1, -0.05) is 6.07 Å². The van der Waals surface area contributed by atoms with E-state index in [0.29, 0.717) is 12.2 Å². The molecule has 1 aromatic rings. The van der Waals surface area contributed by atoms with Crippen LogP contribution in [0, 0.1) is 6.92 Å². The molecule has 18 heavy (non-hydrogen) atoms. The smallest absolute Gasteiger partial charge is 0.252 e. The highest BCUT2D eigenvalue weighted by atomic mass is 79.9. The molecule has 0 bridgehead atoms. The van der Waals surface area contributed by atoms with Gasteiger partial charge in [-0.3, -0.25) is 4.79 Å². The van der Waals surface area contributed by atoms with Crippen LogP contribution in [-0.2, 0) is 4.74 Å². The quantitative estimate of drug-likeness (QED) is 0.842. The Kier molecular flexibility index (Phi) is 6.32. The Morgan fingerprint density at radius 1 is 1.56 bits per heavy atom. The fourth-order valence-electron chi connectivity index (χ4n) is 1.42. The molecule has 0 fully saturated rings. The summed E-state index contributed by atoms with van der Waals surface area (Å²) in [5.74, 6) is -0.211. The van der Waals surface area contributed by atoms with Crippen LogP contribution in [0.15, 0.2) is 22.7 Å². The molecule has 5 heteroatoms. The van der Waals surface area contributed by atoms with Crippen molar-refractivity contribution in [3.05, 3.63) is 33.8 Å². The molecule has 0 radical (unpaired) electrons. The number of aryl methyl sites for hydroxylation is 1. The van der Waals surface area contributed by atoms with Crippen LogP contribution in [0.5, 0.6) is 0 Å². The summed E-state index contributed by atoms with van der Waals surface area (Å²) in [5, 5.41) is 12.2. The Labute approximate surface area is 115 Å². The zero-order valence-corrected chi connectivity index (χ0v) is 12.2. The Morgan fingerprint density at radius 2 is 2.28 bits per heavy atom. The molecule has 100 valence electrons. The Bertz CT molecular complexity index is 409. The standard InChI is InChI=1S/C13H18BrNO3/c1-3-18-8-10(16)7-15-13(17)11-5-4-9(2)6-12(11)14/h4-6,10,16H,3,7-8H2,1-2H3,(H,15,17). The first kappa shape index (κ1) is 15.1. The maximum atomic E-state index is 11.9. The molecule has 0 aliphatic carbocycles. The van der Waals surface area contributed by atoms with Gasteiger partial charge in [-0.15, -0.1) is 0 Å². The van der Waals surface area contributed by atoms with E-state index in [1.807, 2.05) is 26.0 Å². The van der Waals surface area contributed by atoms with Crippen LogP contribution in [0.3, 0.4) is 0 Å². The lowest BCUT2D eigenvalue weighted by Gasteiger charge is -2.12. The number of amides is 1. The van der Waals surface area contributed by atoms with Gasteiger partial charge in [-0.25, -0.2) is 0 Å². The largest absolute Gasteiger partial charge is 0.389 e. The minimum atomic E-state index is -0.682. The highest BCUT2D eigenvalue weighted by Crippen LogP contribution is 2.18. The number of benzene rings is 1. The molecule has 1 unspecified atom stereocenters. The van der Waals surface area contributed by atoms with Crippen molar-refractivity contribution in [2.24, 2.45) is 0 Å². The molecule has 0 spiro atoms.